The normalized spacial score (nSPS) is 14.7. The molecule has 23 heavy (non-hydrogen) atoms. The van der Waals surface area contributed by atoms with Crippen LogP contribution in [-0.4, -0.2) is 5.91 Å². The van der Waals surface area contributed by atoms with Gasteiger partial charge in [-0.25, -0.2) is 4.39 Å². The van der Waals surface area contributed by atoms with Crippen LogP contribution in [0.1, 0.15) is 41.6 Å². The summed E-state index contributed by atoms with van der Waals surface area (Å²) < 4.78 is 12.8. The quantitative estimate of drug-likeness (QED) is 0.842. The van der Waals surface area contributed by atoms with E-state index in [1.165, 1.54) is 35.8 Å². The Hall–Kier alpha value is -2.42. The summed E-state index contributed by atoms with van der Waals surface area (Å²) >= 11 is 0. The molecular formula is C20H20FNO. The number of rotatable bonds is 4. The van der Waals surface area contributed by atoms with Gasteiger partial charge in [-0.2, -0.15) is 0 Å². The summed E-state index contributed by atoms with van der Waals surface area (Å²) in [4.78, 5) is 12.0. The first-order chi connectivity index (χ1) is 11.1. The van der Waals surface area contributed by atoms with E-state index in [1.807, 2.05) is 6.92 Å². The van der Waals surface area contributed by atoms with Gasteiger partial charge in [0.25, 0.3) is 0 Å². The van der Waals surface area contributed by atoms with Crippen molar-refractivity contribution in [3.63, 3.8) is 0 Å². The van der Waals surface area contributed by atoms with Crippen molar-refractivity contribution in [2.24, 2.45) is 0 Å². The molecule has 1 N–H and O–H groups in total. The van der Waals surface area contributed by atoms with E-state index in [0.717, 1.165) is 24.0 Å². The molecule has 0 aliphatic heterocycles. The lowest BCUT2D eigenvalue weighted by molar-refractivity contribution is -0.117. The molecule has 2 aromatic rings. The lowest BCUT2D eigenvalue weighted by Gasteiger charge is -2.14. The van der Waals surface area contributed by atoms with Crippen molar-refractivity contribution in [1.82, 2.24) is 5.32 Å². The highest BCUT2D eigenvalue weighted by atomic mass is 19.1. The van der Waals surface area contributed by atoms with Crippen LogP contribution in [0.15, 0.2) is 48.5 Å². The average Bonchev–Trinajstić information content (AvgIpc) is 3.02. The maximum absolute atomic E-state index is 12.8. The van der Waals surface area contributed by atoms with Gasteiger partial charge < -0.3 is 5.32 Å². The van der Waals surface area contributed by atoms with Crippen LogP contribution in [0.5, 0.6) is 0 Å². The number of hydrogen-bond donors (Lipinski definition) is 1. The molecule has 2 aromatic carbocycles. The number of halogens is 1. The van der Waals surface area contributed by atoms with E-state index in [2.05, 4.69) is 23.5 Å². The zero-order chi connectivity index (χ0) is 16.2. The van der Waals surface area contributed by atoms with Gasteiger partial charge in [0, 0.05) is 6.08 Å². The summed E-state index contributed by atoms with van der Waals surface area (Å²) in [6, 6.07) is 12.5. The second-order valence-electron chi connectivity index (χ2n) is 6.00. The third-order valence-corrected chi connectivity index (χ3v) is 4.28. The SMILES string of the molecule is C[C@@H](NC(=O)/C=C/c1ccc(F)cc1)c1ccc2c(c1)CCC2. The molecule has 0 fully saturated rings. The minimum atomic E-state index is -0.281. The molecule has 1 aliphatic carbocycles. The van der Waals surface area contributed by atoms with Gasteiger partial charge in [-0.15, -0.1) is 0 Å². The van der Waals surface area contributed by atoms with Gasteiger partial charge in [0.1, 0.15) is 5.82 Å². The largest absolute Gasteiger partial charge is 0.346 e. The van der Waals surface area contributed by atoms with Gasteiger partial charge in [0.15, 0.2) is 0 Å². The topological polar surface area (TPSA) is 29.1 Å². The highest BCUT2D eigenvalue weighted by Crippen LogP contribution is 2.25. The second-order valence-corrected chi connectivity index (χ2v) is 6.00. The molecule has 0 heterocycles. The van der Waals surface area contributed by atoms with Crippen molar-refractivity contribution in [2.75, 3.05) is 0 Å². The smallest absolute Gasteiger partial charge is 0.244 e. The highest BCUT2D eigenvalue weighted by Gasteiger charge is 2.14. The number of amides is 1. The zero-order valence-electron chi connectivity index (χ0n) is 13.2. The summed E-state index contributed by atoms with van der Waals surface area (Å²) in [6.07, 6.45) is 6.69. The molecule has 1 aliphatic rings. The summed E-state index contributed by atoms with van der Waals surface area (Å²) in [5.74, 6) is -0.431. The molecule has 0 saturated carbocycles. The molecule has 0 bridgehead atoms. The van der Waals surface area contributed by atoms with E-state index in [-0.39, 0.29) is 17.8 Å². The van der Waals surface area contributed by atoms with Gasteiger partial charge in [-0.3, -0.25) is 4.79 Å². The maximum Gasteiger partial charge on any atom is 0.244 e. The lowest BCUT2D eigenvalue weighted by Crippen LogP contribution is -2.24. The van der Waals surface area contributed by atoms with Crippen molar-refractivity contribution >= 4 is 12.0 Å². The molecule has 1 atom stereocenters. The van der Waals surface area contributed by atoms with Crippen LogP contribution < -0.4 is 5.32 Å². The molecule has 2 nitrogen and oxygen atoms in total. The fraction of sp³-hybridized carbons (Fsp3) is 0.250. The third kappa shape index (κ3) is 3.86. The van der Waals surface area contributed by atoms with Crippen LogP contribution in [0.3, 0.4) is 0 Å². The van der Waals surface area contributed by atoms with Gasteiger partial charge in [-0.05, 0) is 66.6 Å². The van der Waals surface area contributed by atoms with Crippen molar-refractivity contribution < 1.29 is 9.18 Å². The van der Waals surface area contributed by atoms with Crippen LogP contribution in [0.4, 0.5) is 4.39 Å². The Kier molecular flexibility index (Phi) is 4.56. The molecular weight excluding hydrogens is 289 g/mol. The van der Waals surface area contributed by atoms with Gasteiger partial charge in [-0.1, -0.05) is 30.3 Å². The molecule has 0 saturated heterocycles. The highest BCUT2D eigenvalue weighted by molar-refractivity contribution is 5.91. The number of benzene rings is 2. The average molecular weight is 309 g/mol. The molecule has 3 heteroatoms. The molecule has 0 radical (unpaired) electrons. The van der Waals surface area contributed by atoms with E-state index < -0.39 is 0 Å². The standard InChI is InChI=1S/C20H20FNO/c1-14(17-9-8-16-3-2-4-18(16)13-17)22-20(23)12-7-15-5-10-19(21)11-6-15/h5-14H,2-4H2,1H3,(H,22,23)/b12-7+/t14-/m1/s1. The second kappa shape index (κ2) is 6.78. The summed E-state index contributed by atoms with van der Waals surface area (Å²) in [5, 5.41) is 2.97. The number of carbonyl (C=O) groups excluding carboxylic acids is 1. The fourth-order valence-corrected chi connectivity index (χ4v) is 2.95. The van der Waals surface area contributed by atoms with Crippen LogP contribution in [-0.2, 0) is 17.6 Å². The van der Waals surface area contributed by atoms with Crippen molar-refractivity contribution in [2.45, 2.75) is 32.2 Å². The monoisotopic (exact) mass is 309 g/mol. The maximum atomic E-state index is 12.8. The Balaban J connectivity index is 1.62. The molecule has 3 rings (SSSR count). The van der Waals surface area contributed by atoms with E-state index in [9.17, 15) is 9.18 Å². The predicted molar refractivity (Wildman–Crippen MR) is 90.5 cm³/mol. The van der Waals surface area contributed by atoms with Crippen molar-refractivity contribution in [3.8, 4) is 0 Å². The van der Waals surface area contributed by atoms with E-state index in [4.69, 9.17) is 0 Å². The Bertz CT molecular complexity index is 734. The Morgan fingerprint density at radius 2 is 1.87 bits per heavy atom. The van der Waals surface area contributed by atoms with Gasteiger partial charge in [0.2, 0.25) is 5.91 Å². The van der Waals surface area contributed by atoms with Crippen LogP contribution >= 0.6 is 0 Å². The third-order valence-electron chi connectivity index (χ3n) is 4.28. The Morgan fingerprint density at radius 3 is 2.65 bits per heavy atom. The molecule has 118 valence electrons. The van der Waals surface area contributed by atoms with Crippen molar-refractivity contribution in [1.29, 1.82) is 0 Å². The summed E-state index contributed by atoms with van der Waals surface area (Å²) in [6.45, 7) is 1.99. The molecule has 0 unspecified atom stereocenters. The number of nitrogens with one attached hydrogen (secondary N) is 1. The first kappa shape index (κ1) is 15.5. The first-order valence-corrected chi connectivity index (χ1v) is 7.97. The van der Waals surface area contributed by atoms with Gasteiger partial charge in [0.05, 0.1) is 6.04 Å². The van der Waals surface area contributed by atoms with Crippen LogP contribution in [0.2, 0.25) is 0 Å². The molecule has 1 amide bonds. The number of aryl methyl sites for hydroxylation is 2. The summed E-state index contributed by atoms with van der Waals surface area (Å²) in [7, 11) is 0. The van der Waals surface area contributed by atoms with Crippen LogP contribution in [0.25, 0.3) is 6.08 Å². The fourth-order valence-electron chi connectivity index (χ4n) is 2.95. The summed E-state index contributed by atoms with van der Waals surface area (Å²) in [5.41, 5.74) is 4.77. The lowest BCUT2D eigenvalue weighted by atomic mass is 10.0. The van der Waals surface area contributed by atoms with E-state index >= 15 is 0 Å². The van der Waals surface area contributed by atoms with E-state index in [1.54, 1.807) is 18.2 Å². The number of hydrogen-bond acceptors (Lipinski definition) is 1. The number of carbonyl (C=O) groups is 1. The molecule has 0 aromatic heterocycles. The Morgan fingerprint density at radius 1 is 1.13 bits per heavy atom. The molecule has 0 spiro atoms. The predicted octanol–water partition coefficient (Wildman–Crippen LogP) is 4.21. The Labute approximate surface area is 136 Å². The minimum absolute atomic E-state index is 0.0359. The first-order valence-electron chi connectivity index (χ1n) is 7.97. The number of fused-ring (bicyclic) bond motifs is 1. The van der Waals surface area contributed by atoms with E-state index in [0.29, 0.717) is 0 Å². The van der Waals surface area contributed by atoms with Crippen molar-refractivity contribution in [3.05, 3.63) is 76.6 Å². The minimum Gasteiger partial charge on any atom is -0.346 e. The zero-order valence-corrected chi connectivity index (χ0v) is 13.2. The van der Waals surface area contributed by atoms with Gasteiger partial charge >= 0.3 is 0 Å². The van der Waals surface area contributed by atoms with Crippen LogP contribution in [0, 0.1) is 5.82 Å².